The van der Waals surface area contributed by atoms with Crippen molar-refractivity contribution in [1.82, 2.24) is 14.4 Å². The number of likely N-dealkylation sites (tertiary alicyclic amines) is 2. The number of rotatable bonds is 5. The summed E-state index contributed by atoms with van der Waals surface area (Å²) in [4.78, 5) is 34.4. The van der Waals surface area contributed by atoms with Crippen molar-refractivity contribution in [3.05, 3.63) is 113 Å². The van der Waals surface area contributed by atoms with E-state index in [0.29, 0.717) is 28.9 Å². The van der Waals surface area contributed by atoms with E-state index in [2.05, 4.69) is 4.90 Å². The number of hydrogen-bond acceptors (Lipinski definition) is 3. The standard InChI is InChI=1S/C37H37F3N4O2/c1-25-21-26(14-16-30(25)31-11-3-4-12-32(31)37(38,39)40)35(45)44-24-29-15-17-34(43(29)22-27-9-2-5-13-33(27)44)36(46)42-20-8-10-28(42)23-41-18-6-7-19-41/h2-5,9,11-17,21,28H,6-8,10,18-20,22-24H2,1H3/t28-/m0/s1. The largest absolute Gasteiger partial charge is 0.417 e. The molecule has 0 aliphatic carbocycles. The van der Waals surface area contributed by atoms with E-state index in [9.17, 15) is 22.8 Å². The van der Waals surface area contributed by atoms with Crippen LogP contribution in [0, 0.1) is 6.92 Å². The molecular formula is C37H37F3N4O2. The monoisotopic (exact) mass is 626 g/mol. The van der Waals surface area contributed by atoms with Crippen LogP contribution in [0.3, 0.4) is 0 Å². The second-order valence-electron chi connectivity index (χ2n) is 12.7. The van der Waals surface area contributed by atoms with Crippen molar-refractivity contribution in [1.29, 1.82) is 0 Å². The van der Waals surface area contributed by atoms with Gasteiger partial charge < -0.3 is 19.3 Å². The molecule has 2 saturated heterocycles. The van der Waals surface area contributed by atoms with Gasteiger partial charge in [-0.05, 0) is 104 Å². The summed E-state index contributed by atoms with van der Waals surface area (Å²) in [6.45, 7) is 6.32. The molecule has 238 valence electrons. The number of amides is 2. The molecule has 0 bridgehead atoms. The first-order valence-corrected chi connectivity index (χ1v) is 16.1. The zero-order valence-corrected chi connectivity index (χ0v) is 25.9. The summed E-state index contributed by atoms with van der Waals surface area (Å²) in [7, 11) is 0. The molecule has 6 nitrogen and oxygen atoms in total. The molecule has 1 atom stereocenters. The van der Waals surface area contributed by atoms with Gasteiger partial charge in [0.05, 0.1) is 18.7 Å². The Hall–Kier alpha value is -4.37. The summed E-state index contributed by atoms with van der Waals surface area (Å²) in [5, 5.41) is 0. The van der Waals surface area contributed by atoms with Crippen LogP contribution in [-0.4, -0.2) is 58.4 Å². The van der Waals surface area contributed by atoms with Crippen LogP contribution in [0.5, 0.6) is 0 Å². The Kier molecular flexibility index (Phi) is 7.97. The topological polar surface area (TPSA) is 48.8 Å². The highest BCUT2D eigenvalue weighted by atomic mass is 19.4. The fourth-order valence-electron chi connectivity index (χ4n) is 7.45. The van der Waals surface area contributed by atoms with Crippen molar-refractivity contribution in [3.8, 4) is 11.1 Å². The number of fused-ring (bicyclic) bond motifs is 2. The maximum absolute atomic E-state index is 14.2. The van der Waals surface area contributed by atoms with Crippen LogP contribution in [0.25, 0.3) is 11.1 Å². The van der Waals surface area contributed by atoms with Gasteiger partial charge >= 0.3 is 6.18 Å². The number of aryl methyl sites for hydroxylation is 1. The average molecular weight is 627 g/mol. The van der Waals surface area contributed by atoms with Gasteiger partial charge in [-0.15, -0.1) is 0 Å². The van der Waals surface area contributed by atoms with Gasteiger partial charge in [0.15, 0.2) is 0 Å². The van der Waals surface area contributed by atoms with Crippen LogP contribution in [-0.2, 0) is 19.3 Å². The third kappa shape index (κ3) is 5.61. The highest BCUT2D eigenvalue weighted by Crippen LogP contribution is 2.39. The van der Waals surface area contributed by atoms with Gasteiger partial charge in [0, 0.05) is 36.1 Å². The summed E-state index contributed by atoms with van der Waals surface area (Å²) in [6.07, 6.45) is -0.0374. The van der Waals surface area contributed by atoms with Gasteiger partial charge in [-0.3, -0.25) is 9.59 Å². The van der Waals surface area contributed by atoms with Crippen LogP contribution in [0.1, 0.15) is 68.9 Å². The molecule has 0 spiro atoms. The van der Waals surface area contributed by atoms with Crippen molar-refractivity contribution in [2.75, 3.05) is 31.1 Å². The molecule has 0 radical (unpaired) electrons. The molecule has 1 aromatic heterocycles. The normalized spacial score (nSPS) is 18.4. The van der Waals surface area contributed by atoms with E-state index in [4.69, 9.17) is 0 Å². The predicted octanol–water partition coefficient (Wildman–Crippen LogP) is 7.39. The number of alkyl halides is 3. The third-order valence-corrected chi connectivity index (χ3v) is 9.77. The Labute approximate surface area is 267 Å². The first-order chi connectivity index (χ1) is 22.2. The maximum atomic E-state index is 14.2. The molecule has 4 aromatic rings. The van der Waals surface area contributed by atoms with E-state index in [1.807, 2.05) is 45.9 Å². The van der Waals surface area contributed by atoms with Gasteiger partial charge in [0.25, 0.3) is 11.8 Å². The van der Waals surface area contributed by atoms with Crippen molar-refractivity contribution in [2.45, 2.75) is 57.9 Å². The number of para-hydroxylation sites is 1. The Morgan fingerprint density at radius 1 is 0.804 bits per heavy atom. The van der Waals surface area contributed by atoms with Gasteiger partial charge in [0.2, 0.25) is 0 Å². The molecule has 3 aromatic carbocycles. The Bertz CT molecular complexity index is 1790. The number of halogens is 3. The molecule has 0 saturated carbocycles. The maximum Gasteiger partial charge on any atom is 0.417 e. The first kappa shape index (κ1) is 30.3. The second-order valence-corrected chi connectivity index (χ2v) is 12.7. The number of carbonyl (C=O) groups excluding carboxylic acids is 2. The van der Waals surface area contributed by atoms with Crippen LogP contribution in [0.2, 0.25) is 0 Å². The number of anilines is 1. The molecule has 46 heavy (non-hydrogen) atoms. The lowest BCUT2D eigenvalue weighted by Gasteiger charge is -2.29. The summed E-state index contributed by atoms with van der Waals surface area (Å²) >= 11 is 0. The van der Waals surface area contributed by atoms with E-state index in [0.717, 1.165) is 62.0 Å². The molecular weight excluding hydrogens is 589 g/mol. The number of nitrogens with zero attached hydrogens (tertiary/aromatic N) is 4. The van der Waals surface area contributed by atoms with E-state index < -0.39 is 11.7 Å². The first-order valence-electron chi connectivity index (χ1n) is 16.1. The molecule has 3 aliphatic heterocycles. The number of hydrogen-bond donors (Lipinski definition) is 0. The van der Waals surface area contributed by atoms with Crippen molar-refractivity contribution < 1.29 is 22.8 Å². The van der Waals surface area contributed by atoms with Crippen LogP contribution < -0.4 is 4.90 Å². The van der Waals surface area contributed by atoms with Gasteiger partial charge in [-0.25, -0.2) is 0 Å². The SMILES string of the molecule is Cc1cc(C(=O)N2Cc3ccc(C(=O)N4CCC[C@H]4CN4CCCC4)n3Cc3ccccc32)ccc1-c1ccccc1C(F)(F)F. The zero-order chi connectivity index (χ0) is 32.0. The van der Waals surface area contributed by atoms with Gasteiger partial charge in [-0.1, -0.05) is 42.5 Å². The molecule has 2 fully saturated rings. The number of aromatic nitrogens is 1. The molecule has 0 N–H and O–H groups in total. The van der Waals surface area contributed by atoms with Crippen molar-refractivity contribution >= 4 is 17.5 Å². The molecule has 4 heterocycles. The highest BCUT2D eigenvalue weighted by Gasteiger charge is 2.35. The van der Waals surface area contributed by atoms with Gasteiger partial charge in [-0.2, -0.15) is 13.2 Å². The van der Waals surface area contributed by atoms with Crippen LogP contribution in [0.4, 0.5) is 18.9 Å². The quantitative estimate of drug-likeness (QED) is 0.232. The van der Waals surface area contributed by atoms with Crippen LogP contribution >= 0.6 is 0 Å². The third-order valence-electron chi connectivity index (χ3n) is 9.77. The summed E-state index contributed by atoms with van der Waals surface area (Å²) in [5.74, 6) is -0.213. The smallest absolute Gasteiger partial charge is 0.334 e. The van der Waals surface area contributed by atoms with Crippen LogP contribution in [0.15, 0.2) is 78.9 Å². The van der Waals surface area contributed by atoms with E-state index in [-0.39, 0.29) is 30.0 Å². The molecule has 0 unspecified atom stereocenters. The Morgan fingerprint density at radius 2 is 1.57 bits per heavy atom. The minimum Gasteiger partial charge on any atom is -0.334 e. The van der Waals surface area contributed by atoms with E-state index in [1.54, 1.807) is 36.1 Å². The van der Waals surface area contributed by atoms with E-state index >= 15 is 0 Å². The lowest BCUT2D eigenvalue weighted by atomic mass is 9.94. The molecule has 9 heteroatoms. The fraction of sp³-hybridized carbons (Fsp3) is 0.351. The second kappa shape index (κ2) is 12.1. The summed E-state index contributed by atoms with van der Waals surface area (Å²) < 4.78 is 43.3. The molecule has 2 amide bonds. The lowest BCUT2D eigenvalue weighted by Crippen LogP contribution is -2.43. The Balaban J connectivity index is 1.18. The zero-order valence-electron chi connectivity index (χ0n) is 25.9. The van der Waals surface area contributed by atoms with Crippen molar-refractivity contribution in [3.63, 3.8) is 0 Å². The number of carbonyl (C=O) groups is 2. The van der Waals surface area contributed by atoms with Crippen molar-refractivity contribution in [2.24, 2.45) is 0 Å². The molecule has 7 rings (SSSR count). The highest BCUT2D eigenvalue weighted by molar-refractivity contribution is 6.07. The van der Waals surface area contributed by atoms with E-state index in [1.165, 1.54) is 25.0 Å². The lowest BCUT2D eigenvalue weighted by molar-refractivity contribution is -0.137. The summed E-state index contributed by atoms with van der Waals surface area (Å²) in [5.41, 5.74) is 3.95. The van der Waals surface area contributed by atoms with Gasteiger partial charge in [0.1, 0.15) is 5.69 Å². The average Bonchev–Trinajstić information content (AvgIpc) is 3.80. The fourth-order valence-corrected chi connectivity index (χ4v) is 7.45. The molecule has 3 aliphatic rings. The minimum atomic E-state index is -4.49. The Morgan fingerprint density at radius 3 is 2.35 bits per heavy atom. The minimum absolute atomic E-state index is 0.0376. The predicted molar refractivity (Wildman–Crippen MR) is 172 cm³/mol. The summed E-state index contributed by atoms with van der Waals surface area (Å²) in [6, 6.07) is 22.1. The number of benzene rings is 3.